The average molecular weight is 489 g/mol. The molecule has 1 unspecified atom stereocenters. The maximum absolute atomic E-state index is 13.6. The second kappa shape index (κ2) is 9.72. The lowest BCUT2D eigenvalue weighted by Crippen LogP contribution is -2.27. The number of carbonyl (C=O) groups is 1. The number of aryl methyl sites for hydroxylation is 1. The number of nitrogens with zero attached hydrogens (tertiary/aromatic N) is 3. The molecule has 0 bridgehead atoms. The zero-order valence-electron chi connectivity index (χ0n) is 18.8. The monoisotopic (exact) mass is 488 g/mol. The van der Waals surface area contributed by atoms with E-state index in [1.54, 1.807) is 54.0 Å². The van der Waals surface area contributed by atoms with Crippen molar-refractivity contribution in [2.24, 2.45) is 0 Å². The number of nitrogens with one attached hydrogen (secondary N) is 1. The normalized spacial score (nSPS) is 11.7. The summed E-state index contributed by atoms with van der Waals surface area (Å²) in [5.41, 5.74) is 3.73. The fourth-order valence-corrected chi connectivity index (χ4v) is 4.63. The van der Waals surface area contributed by atoms with Gasteiger partial charge in [-0.2, -0.15) is 5.26 Å². The van der Waals surface area contributed by atoms with Crippen LogP contribution in [0.4, 0.5) is 5.69 Å². The number of aromatic nitrogens is 2. The Morgan fingerprint density at radius 1 is 1.15 bits per heavy atom. The number of amides is 1. The Kier molecular flexibility index (Phi) is 6.73. The summed E-state index contributed by atoms with van der Waals surface area (Å²) in [5.74, 6) is -0.305. The third-order valence-electron chi connectivity index (χ3n) is 5.57. The van der Waals surface area contributed by atoms with Crippen LogP contribution in [0, 0.1) is 25.2 Å². The number of thioether (sulfide) groups is 1. The van der Waals surface area contributed by atoms with Gasteiger partial charge in [0.25, 0.3) is 5.56 Å². The topological polar surface area (TPSA) is 87.8 Å². The Bertz CT molecular complexity index is 1520. The van der Waals surface area contributed by atoms with Crippen LogP contribution in [0.25, 0.3) is 16.6 Å². The van der Waals surface area contributed by atoms with Crippen molar-refractivity contribution in [3.8, 4) is 11.8 Å². The lowest BCUT2D eigenvalue weighted by molar-refractivity contribution is -0.115. The smallest absolute Gasteiger partial charge is 0.266 e. The second-order valence-corrected chi connectivity index (χ2v) is 9.57. The predicted molar refractivity (Wildman–Crippen MR) is 137 cm³/mol. The van der Waals surface area contributed by atoms with Gasteiger partial charge in [0.2, 0.25) is 5.91 Å². The summed E-state index contributed by atoms with van der Waals surface area (Å²) in [6, 6.07) is 19.6. The highest BCUT2D eigenvalue weighted by Gasteiger charge is 2.22. The fourth-order valence-electron chi connectivity index (χ4n) is 3.54. The van der Waals surface area contributed by atoms with Gasteiger partial charge in [0, 0.05) is 5.02 Å². The summed E-state index contributed by atoms with van der Waals surface area (Å²) in [7, 11) is 0. The molecule has 1 N–H and O–H groups in total. The van der Waals surface area contributed by atoms with E-state index in [1.807, 2.05) is 32.0 Å². The maximum Gasteiger partial charge on any atom is 0.266 e. The SMILES string of the molecule is Cc1cccc(-n2c(SC(C)C(=O)Nc3ccccc3C#N)nc3cc(Cl)ccc3c2=O)c1C. The Morgan fingerprint density at radius 3 is 2.68 bits per heavy atom. The predicted octanol–water partition coefficient (Wildman–Crippen LogP) is 5.65. The van der Waals surface area contributed by atoms with Crippen molar-refractivity contribution in [3.05, 3.63) is 92.7 Å². The first kappa shape index (κ1) is 23.6. The molecule has 0 saturated carbocycles. The van der Waals surface area contributed by atoms with Gasteiger partial charge in [-0.1, -0.05) is 47.6 Å². The van der Waals surface area contributed by atoms with Gasteiger partial charge >= 0.3 is 0 Å². The molecular weight excluding hydrogens is 468 g/mol. The van der Waals surface area contributed by atoms with Crippen molar-refractivity contribution >= 4 is 45.9 Å². The summed E-state index contributed by atoms with van der Waals surface area (Å²) >= 11 is 7.32. The lowest BCUT2D eigenvalue weighted by Gasteiger charge is -2.18. The van der Waals surface area contributed by atoms with Crippen molar-refractivity contribution in [2.75, 3.05) is 5.32 Å². The first-order chi connectivity index (χ1) is 16.3. The van der Waals surface area contributed by atoms with Gasteiger partial charge in [0.15, 0.2) is 5.16 Å². The zero-order chi connectivity index (χ0) is 24.4. The summed E-state index contributed by atoms with van der Waals surface area (Å²) < 4.78 is 1.55. The van der Waals surface area contributed by atoms with E-state index in [0.29, 0.717) is 38.0 Å². The number of nitriles is 1. The van der Waals surface area contributed by atoms with Gasteiger partial charge in [-0.3, -0.25) is 14.2 Å². The summed E-state index contributed by atoms with van der Waals surface area (Å²) in [5, 5.41) is 12.8. The summed E-state index contributed by atoms with van der Waals surface area (Å²) in [6.07, 6.45) is 0. The van der Waals surface area contributed by atoms with E-state index in [9.17, 15) is 14.9 Å². The van der Waals surface area contributed by atoms with Crippen molar-refractivity contribution in [3.63, 3.8) is 0 Å². The fraction of sp³-hybridized carbons (Fsp3) is 0.154. The van der Waals surface area contributed by atoms with Gasteiger partial charge in [-0.05, 0) is 68.3 Å². The van der Waals surface area contributed by atoms with Gasteiger partial charge < -0.3 is 5.32 Å². The van der Waals surface area contributed by atoms with Crippen LogP contribution >= 0.6 is 23.4 Å². The van der Waals surface area contributed by atoms with Gasteiger partial charge in [-0.15, -0.1) is 0 Å². The van der Waals surface area contributed by atoms with E-state index in [-0.39, 0.29) is 11.5 Å². The number of halogens is 1. The zero-order valence-corrected chi connectivity index (χ0v) is 20.4. The second-order valence-electron chi connectivity index (χ2n) is 7.82. The molecule has 4 rings (SSSR count). The molecule has 8 heteroatoms. The Labute approximate surface area is 206 Å². The molecule has 0 aliphatic carbocycles. The number of benzene rings is 3. The highest BCUT2D eigenvalue weighted by atomic mass is 35.5. The molecule has 0 aliphatic rings. The van der Waals surface area contributed by atoms with Crippen molar-refractivity contribution in [2.45, 2.75) is 31.2 Å². The van der Waals surface area contributed by atoms with Gasteiger partial charge in [-0.25, -0.2) is 4.98 Å². The van der Waals surface area contributed by atoms with E-state index in [1.165, 1.54) is 11.8 Å². The molecule has 170 valence electrons. The molecule has 1 amide bonds. The average Bonchev–Trinajstić information content (AvgIpc) is 2.81. The molecule has 1 heterocycles. The first-order valence-corrected chi connectivity index (χ1v) is 11.8. The molecule has 3 aromatic carbocycles. The van der Waals surface area contributed by atoms with Crippen LogP contribution in [-0.4, -0.2) is 20.7 Å². The van der Waals surface area contributed by atoms with Crippen molar-refractivity contribution in [1.29, 1.82) is 5.26 Å². The Balaban J connectivity index is 1.79. The van der Waals surface area contributed by atoms with Gasteiger partial charge in [0.05, 0.1) is 33.1 Å². The number of fused-ring (bicyclic) bond motifs is 1. The minimum atomic E-state index is -0.605. The molecule has 34 heavy (non-hydrogen) atoms. The van der Waals surface area contributed by atoms with Crippen LogP contribution in [0.1, 0.15) is 23.6 Å². The largest absolute Gasteiger partial charge is 0.324 e. The van der Waals surface area contributed by atoms with Crippen LogP contribution in [0.15, 0.2) is 70.6 Å². The Hall–Kier alpha value is -3.60. The van der Waals surface area contributed by atoms with Crippen molar-refractivity contribution in [1.82, 2.24) is 9.55 Å². The quantitative estimate of drug-likeness (QED) is 0.290. The third kappa shape index (κ3) is 4.56. The van der Waals surface area contributed by atoms with E-state index < -0.39 is 5.25 Å². The van der Waals surface area contributed by atoms with E-state index >= 15 is 0 Å². The number of para-hydroxylation sites is 1. The molecule has 0 fully saturated rings. The number of anilines is 1. The van der Waals surface area contributed by atoms with Crippen LogP contribution in [0.3, 0.4) is 0 Å². The molecule has 0 radical (unpaired) electrons. The maximum atomic E-state index is 13.6. The van der Waals surface area contributed by atoms with Crippen LogP contribution < -0.4 is 10.9 Å². The van der Waals surface area contributed by atoms with E-state index in [0.717, 1.165) is 11.1 Å². The minimum Gasteiger partial charge on any atom is -0.324 e. The molecule has 0 saturated heterocycles. The standard InChI is InChI=1S/C26H21ClN4O2S/c1-15-7-6-10-23(16(15)2)31-25(33)20-12-11-19(27)13-22(20)30-26(31)34-17(3)24(32)29-21-9-5-4-8-18(21)14-28/h4-13,17H,1-3H3,(H,29,32). The Morgan fingerprint density at radius 2 is 1.91 bits per heavy atom. The molecule has 0 spiro atoms. The van der Waals surface area contributed by atoms with Crippen molar-refractivity contribution < 1.29 is 4.79 Å². The molecule has 6 nitrogen and oxygen atoms in total. The molecule has 0 aliphatic heterocycles. The van der Waals surface area contributed by atoms with Gasteiger partial charge in [0.1, 0.15) is 6.07 Å². The number of hydrogen-bond donors (Lipinski definition) is 1. The van der Waals surface area contributed by atoms with Crippen LogP contribution in [-0.2, 0) is 4.79 Å². The van der Waals surface area contributed by atoms with Crippen LogP contribution in [0.5, 0.6) is 0 Å². The number of hydrogen-bond acceptors (Lipinski definition) is 5. The molecule has 1 aromatic heterocycles. The molecule has 1 atom stereocenters. The summed E-state index contributed by atoms with van der Waals surface area (Å²) in [4.78, 5) is 31.3. The van der Waals surface area contributed by atoms with Crippen LogP contribution in [0.2, 0.25) is 5.02 Å². The number of carbonyl (C=O) groups excluding carboxylic acids is 1. The first-order valence-electron chi connectivity index (χ1n) is 10.6. The van der Waals surface area contributed by atoms with E-state index in [4.69, 9.17) is 16.6 Å². The molecule has 4 aromatic rings. The lowest BCUT2D eigenvalue weighted by atomic mass is 10.1. The highest BCUT2D eigenvalue weighted by Crippen LogP contribution is 2.29. The number of rotatable bonds is 5. The summed E-state index contributed by atoms with van der Waals surface area (Å²) in [6.45, 7) is 5.66. The minimum absolute atomic E-state index is 0.236. The molecular formula is C26H21ClN4O2S. The third-order valence-corrected chi connectivity index (χ3v) is 6.86. The highest BCUT2D eigenvalue weighted by molar-refractivity contribution is 8.00. The van der Waals surface area contributed by atoms with E-state index in [2.05, 4.69) is 11.4 Å².